The monoisotopic (exact) mass is 257 g/mol. The van der Waals surface area contributed by atoms with Crippen molar-refractivity contribution in [1.29, 1.82) is 0 Å². The van der Waals surface area contributed by atoms with Crippen molar-refractivity contribution >= 4 is 5.97 Å². The van der Waals surface area contributed by atoms with Crippen LogP contribution in [0.1, 0.15) is 16.1 Å². The van der Waals surface area contributed by atoms with Gasteiger partial charge in [0.1, 0.15) is 0 Å². The summed E-state index contributed by atoms with van der Waals surface area (Å²) in [6.45, 7) is 0. The van der Waals surface area contributed by atoms with Gasteiger partial charge in [-0.1, -0.05) is 0 Å². The molecule has 1 aromatic carbocycles. The molecule has 0 aliphatic rings. The number of hydrogen-bond acceptors (Lipinski definition) is 3. The molecular weight excluding hydrogens is 251 g/mol. The highest BCUT2D eigenvalue weighted by Crippen LogP contribution is 2.29. The first-order valence-corrected chi connectivity index (χ1v) is 4.71. The first kappa shape index (κ1) is 12.1. The van der Waals surface area contributed by atoms with Crippen LogP contribution in [-0.2, 0) is 6.18 Å². The Morgan fingerprint density at radius 2 is 1.83 bits per heavy atom. The minimum absolute atomic E-state index is 0.246. The highest BCUT2D eigenvalue weighted by molar-refractivity contribution is 5.84. The molecule has 2 rings (SSSR count). The molecular formula is C10H6F3N3O2. The lowest BCUT2D eigenvalue weighted by atomic mass is 10.2. The fourth-order valence-corrected chi connectivity index (χ4v) is 1.27. The van der Waals surface area contributed by atoms with E-state index in [1.807, 2.05) is 0 Å². The van der Waals surface area contributed by atoms with Crippen LogP contribution in [0.2, 0.25) is 0 Å². The van der Waals surface area contributed by atoms with E-state index >= 15 is 0 Å². The van der Waals surface area contributed by atoms with Crippen LogP contribution in [0.25, 0.3) is 5.69 Å². The summed E-state index contributed by atoms with van der Waals surface area (Å²) in [5, 5.41) is 15.9. The molecule has 94 valence electrons. The van der Waals surface area contributed by atoms with Gasteiger partial charge in [0, 0.05) is 0 Å². The predicted octanol–water partition coefficient (Wildman–Crippen LogP) is 1.98. The van der Waals surface area contributed by atoms with Crippen LogP contribution in [-0.4, -0.2) is 26.1 Å². The van der Waals surface area contributed by atoms with E-state index in [2.05, 4.69) is 10.2 Å². The lowest BCUT2D eigenvalue weighted by Crippen LogP contribution is -2.06. The van der Waals surface area contributed by atoms with Crippen molar-refractivity contribution in [3.63, 3.8) is 0 Å². The molecule has 0 amide bonds. The molecule has 0 atom stereocenters. The van der Waals surface area contributed by atoms with E-state index in [9.17, 15) is 18.0 Å². The third kappa shape index (κ3) is 2.31. The fraction of sp³-hybridized carbons (Fsp3) is 0.100. The summed E-state index contributed by atoms with van der Waals surface area (Å²) in [4.78, 5) is 11.5. The Balaban J connectivity index is 2.31. The minimum atomic E-state index is -4.41. The normalized spacial score (nSPS) is 11.5. The summed E-state index contributed by atoms with van der Waals surface area (Å²) in [7, 11) is 0. The van der Waals surface area contributed by atoms with Crippen LogP contribution in [0.4, 0.5) is 13.2 Å². The number of carboxylic acid groups (broad SMARTS) is 1. The van der Waals surface area contributed by atoms with Crippen molar-refractivity contribution in [3.8, 4) is 5.69 Å². The van der Waals surface area contributed by atoms with Gasteiger partial charge in [-0.05, 0) is 24.3 Å². The number of carbonyl (C=O) groups is 1. The first-order valence-electron chi connectivity index (χ1n) is 4.71. The summed E-state index contributed by atoms with van der Waals surface area (Å²) in [5.74, 6) is -1.26. The van der Waals surface area contributed by atoms with Gasteiger partial charge in [-0.25, -0.2) is 4.79 Å². The summed E-state index contributed by atoms with van der Waals surface area (Å²) < 4.78 is 36.9. The van der Waals surface area contributed by atoms with Crippen LogP contribution >= 0.6 is 0 Å². The largest absolute Gasteiger partial charge is 0.476 e. The Labute approximate surface area is 98.5 Å². The quantitative estimate of drug-likeness (QED) is 0.893. The highest BCUT2D eigenvalue weighted by atomic mass is 19.4. The zero-order valence-electron chi connectivity index (χ0n) is 8.72. The Morgan fingerprint density at radius 1 is 1.22 bits per heavy atom. The smallest absolute Gasteiger partial charge is 0.416 e. The van der Waals surface area contributed by atoms with E-state index in [0.717, 1.165) is 35.3 Å². The second-order valence-electron chi connectivity index (χ2n) is 3.37. The Morgan fingerprint density at radius 3 is 2.28 bits per heavy atom. The van der Waals surface area contributed by atoms with E-state index in [1.54, 1.807) is 0 Å². The molecule has 0 fully saturated rings. The van der Waals surface area contributed by atoms with Gasteiger partial charge in [0.05, 0.1) is 17.4 Å². The van der Waals surface area contributed by atoms with E-state index in [-0.39, 0.29) is 11.4 Å². The topological polar surface area (TPSA) is 68.0 Å². The average molecular weight is 257 g/mol. The SMILES string of the molecule is O=C(O)c1cnn(-c2ccc(C(F)(F)F)cc2)n1. The van der Waals surface area contributed by atoms with E-state index in [1.165, 1.54) is 0 Å². The number of alkyl halides is 3. The third-order valence-corrected chi connectivity index (χ3v) is 2.14. The summed E-state index contributed by atoms with van der Waals surface area (Å²) >= 11 is 0. The molecule has 5 nitrogen and oxygen atoms in total. The molecule has 1 heterocycles. The summed E-state index contributed by atoms with van der Waals surface area (Å²) in [6.07, 6.45) is -3.40. The standard InChI is InChI=1S/C10H6F3N3O2/c11-10(12,13)6-1-3-7(4-2-6)16-14-5-8(15-16)9(17)18/h1-5H,(H,17,18). The number of aromatic carboxylic acids is 1. The molecule has 1 N–H and O–H groups in total. The van der Waals surface area contributed by atoms with Gasteiger partial charge in [-0.2, -0.15) is 23.1 Å². The van der Waals surface area contributed by atoms with Crippen LogP contribution in [0.3, 0.4) is 0 Å². The van der Waals surface area contributed by atoms with Crippen molar-refractivity contribution in [2.75, 3.05) is 0 Å². The van der Waals surface area contributed by atoms with E-state index in [4.69, 9.17) is 5.11 Å². The van der Waals surface area contributed by atoms with Crippen molar-refractivity contribution in [2.45, 2.75) is 6.18 Å². The molecule has 0 aliphatic carbocycles. The predicted molar refractivity (Wildman–Crippen MR) is 53.3 cm³/mol. The summed E-state index contributed by atoms with van der Waals surface area (Å²) in [6, 6.07) is 4.07. The molecule has 0 radical (unpaired) electrons. The van der Waals surface area contributed by atoms with Crippen LogP contribution in [0, 0.1) is 0 Å². The maximum absolute atomic E-state index is 12.3. The second kappa shape index (κ2) is 4.13. The van der Waals surface area contributed by atoms with Gasteiger partial charge in [0.2, 0.25) is 0 Å². The molecule has 1 aromatic heterocycles. The van der Waals surface area contributed by atoms with Gasteiger partial charge >= 0.3 is 12.1 Å². The molecule has 0 saturated heterocycles. The molecule has 0 bridgehead atoms. The maximum atomic E-state index is 12.3. The van der Waals surface area contributed by atoms with Crippen molar-refractivity contribution in [2.24, 2.45) is 0 Å². The van der Waals surface area contributed by atoms with Crippen LogP contribution in [0.5, 0.6) is 0 Å². The zero-order valence-corrected chi connectivity index (χ0v) is 8.72. The Bertz CT molecular complexity index is 575. The number of nitrogens with zero attached hydrogens (tertiary/aromatic N) is 3. The fourth-order valence-electron chi connectivity index (χ4n) is 1.27. The van der Waals surface area contributed by atoms with E-state index in [0.29, 0.717) is 0 Å². The summed E-state index contributed by atoms with van der Waals surface area (Å²) in [5.41, 5.74) is -0.831. The molecule has 0 saturated carbocycles. The first-order chi connectivity index (χ1) is 8.38. The average Bonchev–Trinajstić information content (AvgIpc) is 2.77. The van der Waals surface area contributed by atoms with E-state index < -0.39 is 17.7 Å². The maximum Gasteiger partial charge on any atom is 0.416 e. The van der Waals surface area contributed by atoms with Crippen LogP contribution in [0.15, 0.2) is 30.5 Å². The van der Waals surface area contributed by atoms with Gasteiger partial charge in [0.15, 0.2) is 5.69 Å². The number of hydrogen-bond donors (Lipinski definition) is 1. The molecule has 0 unspecified atom stereocenters. The molecule has 0 aliphatic heterocycles. The third-order valence-electron chi connectivity index (χ3n) is 2.14. The number of rotatable bonds is 2. The zero-order chi connectivity index (χ0) is 13.3. The van der Waals surface area contributed by atoms with Gasteiger partial charge in [-0.3, -0.25) is 0 Å². The van der Waals surface area contributed by atoms with Gasteiger partial charge < -0.3 is 5.11 Å². The molecule has 8 heteroatoms. The minimum Gasteiger partial charge on any atom is -0.476 e. The lowest BCUT2D eigenvalue weighted by molar-refractivity contribution is -0.137. The highest BCUT2D eigenvalue weighted by Gasteiger charge is 2.30. The van der Waals surface area contributed by atoms with Crippen molar-refractivity contribution in [1.82, 2.24) is 15.0 Å². The molecule has 0 spiro atoms. The van der Waals surface area contributed by atoms with Crippen LogP contribution < -0.4 is 0 Å². The Kier molecular flexibility index (Phi) is 2.77. The number of carboxylic acids is 1. The van der Waals surface area contributed by atoms with Gasteiger partial charge in [-0.15, -0.1) is 5.10 Å². The Hall–Kier alpha value is -2.38. The lowest BCUT2D eigenvalue weighted by Gasteiger charge is -2.06. The van der Waals surface area contributed by atoms with Crippen molar-refractivity contribution < 1.29 is 23.1 Å². The van der Waals surface area contributed by atoms with Crippen molar-refractivity contribution in [3.05, 3.63) is 41.7 Å². The molecule has 2 aromatic rings. The van der Waals surface area contributed by atoms with Gasteiger partial charge in [0.25, 0.3) is 0 Å². The molecule has 18 heavy (non-hydrogen) atoms. The number of benzene rings is 1. The number of aromatic nitrogens is 3. The number of halogens is 3. The second-order valence-corrected chi connectivity index (χ2v) is 3.37.